The summed E-state index contributed by atoms with van der Waals surface area (Å²) in [7, 11) is 4.57. The lowest BCUT2D eigenvalue weighted by molar-refractivity contribution is -0.144. The first-order valence-electron chi connectivity index (χ1n) is 9.70. The summed E-state index contributed by atoms with van der Waals surface area (Å²) in [6, 6.07) is 13.3. The average molecular weight is 422 g/mol. The number of carbonyl (C=O) groups excluding carboxylic acids is 3. The topological polar surface area (TPSA) is 96.4 Å². The van der Waals surface area contributed by atoms with Crippen molar-refractivity contribution in [3.05, 3.63) is 65.2 Å². The lowest BCUT2D eigenvalue weighted by Crippen LogP contribution is -2.52. The van der Waals surface area contributed by atoms with Gasteiger partial charge in [-0.1, -0.05) is 18.2 Å². The van der Waals surface area contributed by atoms with Gasteiger partial charge in [-0.15, -0.1) is 0 Å². The predicted octanol–water partition coefficient (Wildman–Crippen LogP) is 1.89. The molecular weight excluding hydrogens is 400 g/mol. The Morgan fingerprint density at radius 1 is 1.03 bits per heavy atom. The average Bonchev–Trinajstić information content (AvgIpc) is 3.15. The molecule has 1 saturated heterocycles. The Kier molecular flexibility index (Phi) is 5.02. The first-order valence-corrected chi connectivity index (χ1v) is 9.70. The molecule has 2 amide bonds. The van der Waals surface area contributed by atoms with Gasteiger partial charge in [0.05, 0.1) is 19.3 Å². The third-order valence-corrected chi connectivity index (χ3v) is 5.82. The van der Waals surface area contributed by atoms with Crippen molar-refractivity contribution < 1.29 is 29.0 Å². The van der Waals surface area contributed by atoms with Crippen molar-refractivity contribution >= 4 is 29.0 Å². The summed E-state index contributed by atoms with van der Waals surface area (Å²) >= 11 is 0. The van der Waals surface area contributed by atoms with E-state index in [1.807, 2.05) is 0 Å². The van der Waals surface area contributed by atoms with Gasteiger partial charge in [-0.25, -0.2) is 0 Å². The zero-order valence-corrected chi connectivity index (χ0v) is 17.4. The number of likely N-dealkylation sites (N-methyl/N-ethyl adjacent to an activating group) is 1. The van der Waals surface area contributed by atoms with E-state index < -0.39 is 28.9 Å². The summed E-state index contributed by atoms with van der Waals surface area (Å²) < 4.78 is 10.3. The molecule has 1 N–H and O–H groups in total. The molecule has 1 fully saturated rings. The Labute approximate surface area is 179 Å². The van der Waals surface area contributed by atoms with E-state index in [-0.39, 0.29) is 18.7 Å². The molecule has 31 heavy (non-hydrogen) atoms. The van der Waals surface area contributed by atoms with E-state index in [1.165, 1.54) is 24.0 Å². The van der Waals surface area contributed by atoms with Gasteiger partial charge in [-0.2, -0.15) is 0 Å². The quantitative estimate of drug-likeness (QED) is 0.449. The molecule has 0 aliphatic carbocycles. The van der Waals surface area contributed by atoms with Crippen LogP contribution in [0.2, 0.25) is 0 Å². The normalized spacial score (nSPS) is 21.8. The summed E-state index contributed by atoms with van der Waals surface area (Å²) in [5, 5.41) is 11.2. The molecule has 1 unspecified atom stereocenters. The number of nitrogens with zero attached hydrogens (tertiary/aromatic N) is 2. The number of anilines is 1. The van der Waals surface area contributed by atoms with Crippen molar-refractivity contribution in [1.29, 1.82) is 0 Å². The molecule has 160 valence electrons. The van der Waals surface area contributed by atoms with Crippen molar-refractivity contribution in [2.45, 2.75) is 5.54 Å². The van der Waals surface area contributed by atoms with Crippen LogP contribution in [0.5, 0.6) is 5.75 Å². The van der Waals surface area contributed by atoms with Crippen LogP contribution in [-0.4, -0.2) is 62.0 Å². The molecule has 2 aromatic carbocycles. The molecule has 1 spiro atoms. The Morgan fingerprint density at radius 3 is 2.35 bits per heavy atom. The first-order chi connectivity index (χ1) is 14.9. The Bertz CT molecular complexity index is 1110. The van der Waals surface area contributed by atoms with Crippen LogP contribution >= 0.6 is 0 Å². The van der Waals surface area contributed by atoms with Gasteiger partial charge in [0, 0.05) is 37.5 Å². The maximum Gasteiger partial charge on any atom is 0.296 e. The van der Waals surface area contributed by atoms with Crippen LogP contribution in [0.15, 0.2) is 54.1 Å². The monoisotopic (exact) mass is 422 g/mol. The number of benzene rings is 2. The van der Waals surface area contributed by atoms with Crippen LogP contribution < -0.4 is 9.64 Å². The number of fused-ring (bicyclic) bond motifs is 2. The molecule has 0 radical (unpaired) electrons. The van der Waals surface area contributed by atoms with Gasteiger partial charge in [0.1, 0.15) is 11.5 Å². The highest BCUT2D eigenvalue weighted by molar-refractivity contribution is 6.50. The SMILES string of the molecule is COCCN1C(=O)C(=O)C(=C(O)c2ccc(OC)cc2)C12C(=O)N(C)c1ccccc12. The number of hydrogen-bond acceptors (Lipinski definition) is 6. The van der Waals surface area contributed by atoms with Gasteiger partial charge in [-0.3, -0.25) is 14.4 Å². The van der Waals surface area contributed by atoms with Gasteiger partial charge >= 0.3 is 0 Å². The number of ketones is 1. The predicted molar refractivity (Wildman–Crippen MR) is 113 cm³/mol. The van der Waals surface area contributed by atoms with Gasteiger partial charge in [0.15, 0.2) is 5.54 Å². The van der Waals surface area contributed by atoms with Crippen molar-refractivity contribution in [3.8, 4) is 5.75 Å². The van der Waals surface area contributed by atoms with Gasteiger partial charge in [0.25, 0.3) is 17.6 Å². The van der Waals surface area contributed by atoms with Gasteiger partial charge in [0.2, 0.25) is 0 Å². The molecule has 0 aromatic heterocycles. The number of likely N-dealkylation sites (tertiary alicyclic amines) is 1. The maximum absolute atomic E-state index is 13.7. The third-order valence-electron chi connectivity index (χ3n) is 5.82. The number of amides is 2. The number of aliphatic hydroxyl groups excluding tert-OH is 1. The molecule has 2 aliphatic heterocycles. The van der Waals surface area contributed by atoms with E-state index in [9.17, 15) is 19.5 Å². The fraction of sp³-hybridized carbons (Fsp3) is 0.261. The molecule has 8 heteroatoms. The number of rotatable bonds is 5. The Morgan fingerprint density at radius 2 is 1.71 bits per heavy atom. The zero-order chi connectivity index (χ0) is 22.3. The summed E-state index contributed by atoms with van der Waals surface area (Å²) in [5.41, 5.74) is -0.683. The number of carbonyl (C=O) groups is 3. The van der Waals surface area contributed by atoms with E-state index in [1.54, 1.807) is 55.6 Å². The van der Waals surface area contributed by atoms with Gasteiger partial charge in [-0.05, 0) is 30.3 Å². The maximum atomic E-state index is 13.7. The molecule has 1 atom stereocenters. The molecular formula is C23H22N2O6. The number of hydrogen-bond donors (Lipinski definition) is 1. The minimum Gasteiger partial charge on any atom is -0.507 e. The van der Waals surface area contributed by atoms with Crippen LogP contribution in [0.3, 0.4) is 0 Å². The number of methoxy groups -OCH3 is 2. The van der Waals surface area contributed by atoms with Gasteiger partial charge < -0.3 is 24.4 Å². The molecule has 0 saturated carbocycles. The van der Waals surface area contributed by atoms with Crippen molar-refractivity contribution in [2.24, 2.45) is 0 Å². The molecule has 2 aromatic rings. The van der Waals surface area contributed by atoms with E-state index in [4.69, 9.17) is 9.47 Å². The third kappa shape index (κ3) is 2.75. The Balaban J connectivity index is 2.02. The molecule has 2 aliphatic rings. The molecule has 0 bridgehead atoms. The van der Waals surface area contributed by atoms with Crippen LogP contribution in [-0.2, 0) is 24.7 Å². The van der Waals surface area contributed by atoms with Crippen LogP contribution in [0.1, 0.15) is 11.1 Å². The number of para-hydroxylation sites is 1. The summed E-state index contributed by atoms with van der Waals surface area (Å²) in [6.45, 7) is 0.130. The molecule has 4 rings (SSSR count). The summed E-state index contributed by atoms with van der Waals surface area (Å²) in [5.74, 6) is -2.11. The van der Waals surface area contributed by atoms with E-state index in [0.717, 1.165) is 0 Å². The largest absolute Gasteiger partial charge is 0.507 e. The highest BCUT2D eigenvalue weighted by atomic mass is 16.5. The highest BCUT2D eigenvalue weighted by Gasteiger charge is 2.66. The van der Waals surface area contributed by atoms with E-state index >= 15 is 0 Å². The number of ether oxygens (including phenoxy) is 2. The number of aliphatic hydroxyl groups is 1. The lowest BCUT2D eigenvalue weighted by atomic mass is 9.82. The van der Waals surface area contributed by atoms with Crippen LogP contribution in [0.25, 0.3) is 5.76 Å². The smallest absolute Gasteiger partial charge is 0.296 e. The second-order valence-electron chi connectivity index (χ2n) is 7.32. The van der Waals surface area contributed by atoms with Crippen molar-refractivity contribution in [3.63, 3.8) is 0 Å². The minimum atomic E-state index is -1.76. The highest BCUT2D eigenvalue weighted by Crippen LogP contribution is 2.53. The second kappa shape index (κ2) is 7.55. The Hall–Kier alpha value is -3.65. The number of Topliss-reactive ketones (excluding diaryl/α,β-unsaturated/α-hetero) is 1. The fourth-order valence-corrected chi connectivity index (χ4v) is 4.35. The van der Waals surface area contributed by atoms with E-state index in [2.05, 4.69) is 0 Å². The second-order valence-corrected chi connectivity index (χ2v) is 7.32. The first kappa shape index (κ1) is 20.6. The van der Waals surface area contributed by atoms with Crippen LogP contribution in [0.4, 0.5) is 5.69 Å². The molecule has 2 heterocycles. The summed E-state index contributed by atoms with van der Waals surface area (Å²) in [6.07, 6.45) is 0. The zero-order valence-electron chi connectivity index (χ0n) is 17.4. The van der Waals surface area contributed by atoms with Crippen LogP contribution in [0, 0.1) is 0 Å². The lowest BCUT2D eigenvalue weighted by Gasteiger charge is -2.34. The fourth-order valence-electron chi connectivity index (χ4n) is 4.35. The van der Waals surface area contributed by atoms with E-state index in [0.29, 0.717) is 22.6 Å². The van der Waals surface area contributed by atoms with Crippen molar-refractivity contribution in [2.75, 3.05) is 39.3 Å². The van der Waals surface area contributed by atoms with Crippen molar-refractivity contribution in [1.82, 2.24) is 4.90 Å². The summed E-state index contributed by atoms with van der Waals surface area (Å²) in [4.78, 5) is 42.5. The minimum absolute atomic E-state index is 0.00831. The standard InChI is InChI=1S/C23H22N2O6/c1-24-17-7-5-4-6-16(17)23(22(24)29)18(20(27)21(28)25(23)12-13-30-2)19(26)14-8-10-15(31-3)11-9-14/h4-11,26H,12-13H2,1-3H3. The molecule has 8 nitrogen and oxygen atoms in total.